The fourth-order valence-electron chi connectivity index (χ4n) is 2.69. The molecular weight excluding hydrogens is 222 g/mol. The maximum atomic E-state index is 6.04. The molecule has 0 spiro atoms. The van der Waals surface area contributed by atoms with Gasteiger partial charge in [0.2, 0.25) is 0 Å². The van der Waals surface area contributed by atoms with Gasteiger partial charge in [-0.1, -0.05) is 20.8 Å². The van der Waals surface area contributed by atoms with Gasteiger partial charge in [-0.2, -0.15) is 0 Å². The van der Waals surface area contributed by atoms with Crippen molar-refractivity contribution < 1.29 is 4.74 Å². The molecule has 0 unspecified atom stereocenters. The standard InChI is InChI=1S/C16H33NO/c1-12(2)17(11-15(3,4)5)13-9-14(10-13)18-16(6,7)8/h12-14H,9-11H2,1-8H3. The highest BCUT2D eigenvalue weighted by atomic mass is 16.5. The van der Waals surface area contributed by atoms with E-state index in [0.717, 1.165) is 6.04 Å². The van der Waals surface area contributed by atoms with Gasteiger partial charge >= 0.3 is 0 Å². The molecule has 0 amide bonds. The zero-order chi connectivity index (χ0) is 14.1. The van der Waals surface area contributed by atoms with Crippen LogP contribution >= 0.6 is 0 Å². The van der Waals surface area contributed by atoms with E-state index in [-0.39, 0.29) is 5.60 Å². The van der Waals surface area contributed by atoms with Crippen molar-refractivity contribution in [3.8, 4) is 0 Å². The third-order valence-electron chi connectivity index (χ3n) is 3.38. The molecule has 0 aromatic heterocycles. The maximum absolute atomic E-state index is 6.04. The highest BCUT2D eigenvalue weighted by Gasteiger charge is 2.38. The highest BCUT2D eigenvalue weighted by molar-refractivity contribution is 4.92. The quantitative estimate of drug-likeness (QED) is 0.750. The second-order valence-corrected chi connectivity index (χ2v) is 8.30. The van der Waals surface area contributed by atoms with Crippen LogP contribution < -0.4 is 0 Å². The van der Waals surface area contributed by atoms with E-state index in [1.165, 1.54) is 19.4 Å². The van der Waals surface area contributed by atoms with Gasteiger partial charge in [-0.25, -0.2) is 0 Å². The molecule has 0 aromatic carbocycles. The normalized spacial score (nSPS) is 25.7. The van der Waals surface area contributed by atoms with Crippen LogP contribution in [0.4, 0.5) is 0 Å². The van der Waals surface area contributed by atoms with Crippen molar-refractivity contribution in [1.82, 2.24) is 4.90 Å². The average molecular weight is 255 g/mol. The molecule has 0 aliphatic heterocycles. The van der Waals surface area contributed by atoms with E-state index in [2.05, 4.69) is 60.3 Å². The van der Waals surface area contributed by atoms with Crippen LogP contribution in [0.15, 0.2) is 0 Å². The molecule has 1 aliphatic rings. The summed E-state index contributed by atoms with van der Waals surface area (Å²) in [7, 11) is 0. The van der Waals surface area contributed by atoms with E-state index < -0.39 is 0 Å². The minimum absolute atomic E-state index is 0.00231. The molecule has 0 bridgehead atoms. The summed E-state index contributed by atoms with van der Waals surface area (Å²) in [5, 5.41) is 0. The largest absolute Gasteiger partial charge is 0.373 e. The SMILES string of the molecule is CC(C)N(CC(C)(C)C)C1CC(OC(C)(C)C)C1. The lowest BCUT2D eigenvalue weighted by Crippen LogP contribution is -2.54. The summed E-state index contributed by atoms with van der Waals surface area (Å²) in [4.78, 5) is 2.66. The van der Waals surface area contributed by atoms with Gasteiger partial charge in [0, 0.05) is 18.6 Å². The summed E-state index contributed by atoms with van der Waals surface area (Å²) in [5.74, 6) is 0. The van der Waals surface area contributed by atoms with Crippen molar-refractivity contribution in [2.75, 3.05) is 6.54 Å². The molecule has 0 heterocycles. The van der Waals surface area contributed by atoms with Crippen molar-refractivity contribution in [3.05, 3.63) is 0 Å². The first-order valence-electron chi connectivity index (χ1n) is 7.41. The van der Waals surface area contributed by atoms with Gasteiger partial charge in [0.25, 0.3) is 0 Å². The lowest BCUT2D eigenvalue weighted by molar-refractivity contribution is -0.126. The zero-order valence-electron chi connectivity index (χ0n) is 13.7. The molecule has 2 heteroatoms. The summed E-state index contributed by atoms with van der Waals surface area (Å²) in [6.45, 7) is 19.2. The van der Waals surface area contributed by atoms with Gasteiger partial charge in [-0.15, -0.1) is 0 Å². The number of rotatable bonds is 4. The van der Waals surface area contributed by atoms with E-state index in [1.54, 1.807) is 0 Å². The molecule has 18 heavy (non-hydrogen) atoms. The summed E-state index contributed by atoms with van der Waals surface area (Å²) in [5.41, 5.74) is 0.378. The van der Waals surface area contributed by atoms with Gasteiger partial charge in [-0.05, 0) is 52.9 Å². The van der Waals surface area contributed by atoms with E-state index in [4.69, 9.17) is 4.74 Å². The third kappa shape index (κ3) is 5.27. The molecular formula is C16H33NO. The van der Waals surface area contributed by atoms with Gasteiger partial charge < -0.3 is 4.74 Å². The molecule has 1 saturated carbocycles. The Morgan fingerprint density at radius 3 is 1.89 bits per heavy atom. The first kappa shape index (κ1) is 16.0. The maximum Gasteiger partial charge on any atom is 0.0612 e. The Kier molecular flexibility index (Phi) is 4.88. The first-order valence-corrected chi connectivity index (χ1v) is 7.41. The Bertz CT molecular complexity index is 253. The van der Waals surface area contributed by atoms with E-state index >= 15 is 0 Å². The molecule has 1 aliphatic carbocycles. The second-order valence-electron chi connectivity index (χ2n) is 8.30. The predicted molar refractivity (Wildman–Crippen MR) is 78.9 cm³/mol. The fourth-order valence-corrected chi connectivity index (χ4v) is 2.69. The number of hydrogen-bond acceptors (Lipinski definition) is 2. The van der Waals surface area contributed by atoms with Gasteiger partial charge in [0.05, 0.1) is 11.7 Å². The highest BCUT2D eigenvalue weighted by Crippen LogP contribution is 2.34. The first-order chi connectivity index (χ1) is 7.98. The predicted octanol–water partition coefficient (Wildman–Crippen LogP) is 4.09. The number of nitrogens with zero attached hydrogens (tertiary/aromatic N) is 1. The summed E-state index contributed by atoms with van der Waals surface area (Å²) >= 11 is 0. The lowest BCUT2D eigenvalue weighted by Gasteiger charge is -2.48. The summed E-state index contributed by atoms with van der Waals surface area (Å²) in [6.07, 6.45) is 2.87. The monoisotopic (exact) mass is 255 g/mol. The molecule has 0 atom stereocenters. The molecule has 108 valence electrons. The van der Waals surface area contributed by atoms with Gasteiger partial charge in [0.15, 0.2) is 0 Å². The number of ether oxygens (including phenoxy) is 1. The molecule has 0 radical (unpaired) electrons. The van der Waals surface area contributed by atoms with Gasteiger partial charge in [0.1, 0.15) is 0 Å². The summed E-state index contributed by atoms with van der Waals surface area (Å²) in [6, 6.07) is 1.35. The molecule has 0 aromatic rings. The van der Waals surface area contributed by atoms with Crippen molar-refractivity contribution in [3.63, 3.8) is 0 Å². The van der Waals surface area contributed by atoms with Crippen LogP contribution in [0.25, 0.3) is 0 Å². The molecule has 0 saturated heterocycles. The van der Waals surface area contributed by atoms with Crippen molar-refractivity contribution >= 4 is 0 Å². The Hall–Kier alpha value is -0.0800. The van der Waals surface area contributed by atoms with Crippen LogP contribution in [0.5, 0.6) is 0 Å². The lowest BCUT2D eigenvalue weighted by atomic mass is 9.84. The minimum atomic E-state index is 0.00231. The van der Waals surface area contributed by atoms with Crippen LogP contribution in [0.1, 0.15) is 68.2 Å². The van der Waals surface area contributed by atoms with Crippen LogP contribution in [0.3, 0.4) is 0 Å². The van der Waals surface area contributed by atoms with Crippen LogP contribution in [0, 0.1) is 5.41 Å². The zero-order valence-corrected chi connectivity index (χ0v) is 13.7. The minimum Gasteiger partial charge on any atom is -0.373 e. The number of hydrogen-bond donors (Lipinski definition) is 0. The van der Waals surface area contributed by atoms with Crippen LogP contribution in [-0.2, 0) is 4.74 Å². The van der Waals surface area contributed by atoms with E-state index in [1.807, 2.05) is 0 Å². The topological polar surface area (TPSA) is 12.5 Å². The van der Waals surface area contributed by atoms with Crippen molar-refractivity contribution in [2.24, 2.45) is 5.41 Å². The Labute approximate surface area is 114 Å². The summed E-state index contributed by atoms with van der Waals surface area (Å²) < 4.78 is 6.04. The third-order valence-corrected chi connectivity index (χ3v) is 3.38. The van der Waals surface area contributed by atoms with Crippen LogP contribution in [0.2, 0.25) is 0 Å². The van der Waals surface area contributed by atoms with Crippen molar-refractivity contribution in [2.45, 2.75) is 92.0 Å². The van der Waals surface area contributed by atoms with Crippen molar-refractivity contribution in [1.29, 1.82) is 0 Å². The van der Waals surface area contributed by atoms with E-state index in [0.29, 0.717) is 17.6 Å². The smallest absolute Gasteiger partial charge is 0.0612 e. The molecule has 2 nitrogen and oxygen atoms in total. The molecule has 1 fully saturated rings. The Morgan fingerprint density at radius 1 is 1.06 bits per heavy atom. The second kappa shape index (κ2) is 5.50. The van der Waals surface area contributed by atoms with Gasteiger partial charge in [-0.3, -0.25) is 4.90 Å². The van der Waals surface area contributed by atoms with Crippen LogP contribution in [-0.4, -0.2) is 35.2 Å². The average Bonchev–Trinajstić information content (AvgIpc) is 2.03. The molecule has 1 rings (SSSR count). The Balaban J connectivity index is 2.45. The molecule has 0 N–H and O–H groups in total. The Morgan fingerprint density at radius 2 is 1.56 bits per heavy atom. The fraction of sp³-hybridized carbons (Fsp3) is 1.00. The van der Waals surface area contributed by atoms with E-state index in [9.17, 15) is 0 Å².